The molecule has 0 spiro atoms. The molecule has 2 aromatic carbocycles. The van der Waals surface area contributed by atoms with Crippen molar-refractivity contribution in [2.75, 3.05) is 0 Å². The molecular formula is C13H6I4O3. The van der Waals surface area contributed by atoms with Crippen molar-refractivity contribution >= 4 is 96.1 Å². The smallest absolute Gasteiger partial charge is 0.193 e. The number of hydrogen-bond acceptors (Lipinski definition) is 3. The van der Waals surface area contributed by atoms with E-state index in [-0.39, 0.29) is 17.3 Å². The van der Waals surface area contributed by atoms with Gasteiger partial charge in [0.25, 0.3) is 0 Å². The normalized spacial score (nSPS) is 10.6. The molecule has 0 aliphatic rings. The molecule has 2 N–H and O–H groups in total. The Hall–Kier alpha value is 0.630. The zero-order chi connectivity index (χ0) is 15.0. The molecule has 0 atom stereocenters. The fourth-order valence-electron chi connectivity index (χ4n) is 1.56. The zero-order valence-corrected chi connectivity index (χ0v) is 18.3. The Morgan fingerprint density at radius 1 is 0.700 bits per heavy atom. The maximum atomic E-state index is 12.5. The second-order valence-electron chi connectivity index (χ2n) is 3.91. The molecule has 0 saturated carbocycles. The molecule has 2 rings (SSSR count). The quantitative estimate of drug-likeness (QED) is 0.349. The summed E-state index contributed by atoms with van der Waals surface area (Å²) in [6.07, 6.45) is 0. The number of rotatable bonds is 2. The van der Waals surface area contributed by atoms with Gasteiger partial charge in [-0.25, -0.2) is 0 Å². The van der Waals surface area contributed by atoms with E-state index in [9.17, 15) is 15.0 Å². The fraction of sp³-hybridized carbons (Fsp3) is 0. The molecule has 0 radical (unpaired) electrons. The third-order valence-corrected chi connectivity index (χ3v) is 5.85. The SMILES string of the molecule is O=C(c1cc(I)c(O)c(I)c1)c1cc(I)c(O)c(I)c1. The van der Waals surface area contributed by atoms with E-state index in [1.807, 2.05) is 90.4 Å². The van der Waals surface area contributed by atoms with E-state index in [0.717, 1.165) is 0 Å². The zero-order valence-electron chi connectivity index (χ0n) is 9.62. The summed E-state index contributed by atoms with van der Waals surface area (Å²) < 4.78 is 2.56. The molecule has 0 heterocycles. The van der Waals surface area contributed by atoms with E-state index in [2.05, 4.69) is 0 Å². The molecule has 0 aliphatic heterocycles. The lowest BCUT2D eigenvalue weighted by Gasteiger charge is -2.08. The summed E-state index contributed by atoms with van der Waals surface area (Å²) >= 11 is 7.99. The molecule has 0 bridgehead atoms. The Bertz CT molecular complexity index is 607. The molecule has 0 aliphatic carbocycles. The van der Waals surface area contributed by atoms with Crippen molar-refractivity contribution in [2.24, 2.45) is 0 Å². The van der Waals surface area contributed by atoms with Crippen LogP contribution in [-0.4, -0.2) is 16.0 Å². The van der Waals surface area contributed by atoms with Crippen molar-refractivity contribution in [3.8, 4) is 11.5 Å². The highest BCUT2D eigenvalue weighted by Gasteiger charge is 2.16. The van der Waals surface area contributed by atoms with Crippen LogP contribution in [0.25, 0.3) is 0 Å². The third-order valence-electron chi connectivity index (χ3n) is 2.56. The minimum Gasteiger partial charge on any atom is -0.506 e. The molecule has 0 unspecified atom stereocenters. The van der Waals surface area contributed by atoms with Crippen LogP contribution in [0.15, 0.2) is 24.3 Å². The maximum Gasteiger partial charge on any atom is 0.193 e. The lowest BCUT2D eigenvalue weighted by atomic mass is 10.0. The van der Waals surface area contributed by atoms with E-state index in [1.54, 1.807) is 24.3 Å². The number of halogens is 4. The Balaban J connectivity index is 2.52. The second-order valence-corrected chi connectivity index (χ2v) is 8.55. The van der Waals surface area contributed by atoms with Crippen LogP contribution in [0.2, 0.25) is 0 Å². The standard InChI is InChI=1S/C13H6I4O3/c14-7-1-5(2-8(15)12(7)19)11(18)6-3-9(16)13(20)10(17)4-6/h1-4,19-20H. The molecule has 2 aromatic rings. The van der Waals surface area contributed by atoms with Crippen molar-refractivity contribution in [3.05, 3.63) is 49.7 Å². The number of phenols is 2. The van der Waals surface area contributed by atoms with Gasteiger partial charge in [-0.1, -0.05) is 0 Å². The van der Waals surface area contributed by atoms with Crippen LogP contribution in [0.4, 0.5) is 0 Å². The Morgan fingerprint density at radius 3 is 1.20 bits per heavy atom. The largest absolute Gasteiger partial charge is 0.506 e. The van der Waals surface area contributed by atoms with Crippen LogP contribution < -0.4 is 0 Å². The summed E-state index contributed by atoms with van der Waals surface area (Å²) in [6, 6.07) is 6.64. The highest BCUT2D eigenvalue weighted by Crippen LogP contribution is 2.31. The van der Waals surface area contributed by atoms with Gasteiger partial charge >= 0.3 is 0 Å². The number of ketones is 1. The first-order valence-electron chi connectivity index (χ1n) is 5.22. The fourth-order valence-corrected chi connectivity index (χ4v) is 5.10. The average molecular weight is 718 g/mol. The highest BCUT2D eigenvalue weighted by atomic mass is 127. The van der Waals surface area contributed by atoms with Gasteiger partial charge in [0.05, 0.1) is 14.3 Å². The topological polar surface area (TPSA) is 57.5 Å². The van der Waals surface area contributed by atoms with Gasteiger partial charge in [0, 0.05) is 11.1 Å². The van der Waals surface area contributed by atoms with Gasteiger partial charge in [0.15, 0.2) is 5.78 Å². The van der Waals surface area contributed by atoms with E-state index in [0.29, 0.717) is 25.4 Å². The van der Waals surface area contributed by atoms with Crippen molar-refractivity contribution in [1.29, 1.82) is 0 Å². The van der Waals surface area contributed by atoms with Crippen LogP contribution in [0, 0.1) is 14.3 Å². The van der Waals surface area contributed by atoms with Crippen LogP contribution in [0.1, 0.15) is 15.9 Å². The summed E-state index contributed by atoms with van der Waals surface area (Å²) in [5.41, 5.74) is 1.04. The van der Waals surface area contributed by atoms with Gasteiger partial charge in [-0.05, 0) is 115 Å². The van der Waals surface area contributed by atoms with Crippen LogP contribution >= 0.6 is 90.4 Å². The Labute approximate surface area is 170 Å². The average Bonchev–Trinajstić information content (AvgIpc) is 2.40. The van der Waals surface area contributed by atoms with Gasteiger partial charge in [0.2, 0.25) is 0 Å². The van der Waals surface area contributed by atoms with Crippen molar-refractivity contribution in [1.82, 2.24) is 0 Å². The molecule has 7 heteroatoms. The summed E-state index contributed by atoms with van der Waals surface area (Å²) in [6.45, 7) is 0. The Kier molecular flexibility index (Phi) is 5.79. The molecule has 0 amide bonds. The van der Waals surface area contributed by atoms with Crippen molar-refractivity contribution < 1.29 is 15.0 Å². The molecular weight excluding hydrogens is 712 g/mol. The molecule has 0 aromatic heterocycles. The first-order chi connectivity index (χ1) is 9.31. The van der Waals surface area contributed by atoms with Gasteiger partial charge in [-0.15, -0.1) is 0 Å². The number of phenolic OH excluding ortho intramolecular Hbond substituents is 2. The molecule has 3 nitrogen and oxygen atoms in total. The summed E-state index contributed by atoms with van der Waals surface area (Å²) in [7, 11) is 0. The van der Waals surface area contributed by atoms with Gasteiger partial charge in [-0.2, -0.15) is 0 Å². The van der Waals surface area contributed by atoms with E-state index in [4.69, 9.17) is 0 Å². The van der Waals surface area contributed by atoms with Gasteiger partial charge in [-0.3, -0.25) is 4.79 Å². The lowest BCUT2D eigenvalue weighted by Crippen LogP contribution is -2.04. The molecule has 0 saturated heterocycles. The Morgan fingerprint density at radius 2 is 0.950 bits per heavy atom. The maximum absolute atomic E-state index is 12.5. The highest BCUT2D eigenvalue weighted by molar-refractivity contribution is 14.1. The van der Waals surface area contributed by atoms with Crippen LogP contribution in [-0.2, 0) is 0 Å². The van der Waals surface area contributed by atoms with Crippen LogP contribution in [0.3, 0.4) is 0 Å². The molecule has 0 fully saturated rings. The number of hydrogen-bond donors (Lipinski definition) is 2. The number of carbonyl (C=O) groups is 1. The van der Waals surface area contributed by atoms with Crippen molar-refractivity contribution in [3.63, 3.8) is 0 Å². The first-order valence-corrected chi connectivity index (χ1v) is 9.53. The number of benzene rings is 2. The van der Waals surface area contributed by atoms with Gasteiger partial charge in [0.1, 0.15) is 11.5 Å². The second kappa shape index (κ2) is 6.81. The minimum atomic E-state index is -0.128. The monoisotopic (exact) mass is 718 g/mol. The lowest BCUT2D eigenvalue weighted by molar-refractivity contribution is 0.103. The number of aromatic hydroxyl groups is 2. The van der Waals surface area contributed by atoms with Crippen molar-refractivity contribution in [2.45, 2.75) is 0 Å². The first kappa shape index (κ1) is 17.0. The van der Waals surface area contributed by atoms with E-state index < -0.39 is 0 Å². The summed E-state index contributed by atoms with van der Waals surface area (Å²) in [4.78, 5) is 12.5. The van der Waals surface area contributed by atoms with E-state index in [1.165, 1.54) is 0 Å². The summed E-state index contributed by atoms with van der Waals surface area (Å²) in [5, 5.41) is 19.5. The third kappa shape index (κ3) is 3.51. The molecule has 104 valence electrons. The van der Waals surface area contributed by atoms with Crippen LogP contribution in [0.5, 0.6) is 11.5 Å². The molecule has 20 heavy (non-hydrogen) atoms. The van der Waals surface area contributed by atoms with Gasteiger partial charge < -0.3 is 10.2 Å². The summed E-state index contributed by atoms with van der Waals surface area (Å²) in [5.74, 6) is 0.256. The van der Waals surface area contributed by atoms with E-state index >= 15 is 0 Å². The minimum absolute atomic E-state index is 0.128. The predicted molar refractivity (Wildman–Crippen MR) is 111 cm³/mol. The number of carbonyl (C=O) groups excluding carboxylic acids is 1. The predicted octanol–water partition coefficient (Wildman–Crippen LogP) is 4.75.